The van der Waals surface area contributed by atoms with Crippen molar-refractivity contribution in [2.45, 2.75) is 11.7 Å². The molecule has 0 aliphatic carbocycles. The molecule has 2 saturated heterocycles. The number of aliphatic imine (C=N–C) groups is 1. The molecule has 2 atom stereocenters. The average Bonchev–Trinajstić information content (AvgIpc) is 2.41. The Morgan fingerprint density at radius 3 is 2.80 bits per heavy atom. The van der Waals surface area contributed by atoms with Crippen molar-refractivity contribution in [3.8, 4) is 0 Å². The molecule has 1 spiro atoms. The number of nitrogens with zero attached hydrogens (tertiary/aromatic N) is 2. The number of carbonyl (C=O) groups is 2. The number of likely N-dealkylation sites (N-methyl/N-ethyl adjacent to an activating group) is 1. The predicted molar refractivity (Wildman–Crippen MR) is 43.7 cm³/mol. The Balaban J connectivity index is 2.21. The maximum Gasteiger partial charge on any atom is 0.330 e. The molecule has 4 N–H and O–H groups in total. The fourth-order valence-corrected chi connectivity index (χ4v) is 1.63. The second-order valence-corrected chi connectivity index (χ2v) is 3.42. The minimum Gasteiger partial charge on any atom is -0.293 e. The van der Waals surface area contributed by atoms with Crippen molar-refractivity contribution in [3.05, 3.63) is 0 Å². The molecule has 0 aromatic carbocycles. The smallest absolute Gasteiger partial charge is 0.293 e. The van der Waals surface area contributed by atoms with Crippen molar-refractivity contribution in [1.82, 2.24) is 15.5 Å². The summed E-state index contributed by atoms with van der Waals surface area (Å²) in [5.41, 5.74) is 3.81. The van der Waals surface area contributed by atoms with Gasteiger partial charge in [-0.25, -0.2) is 4.79 Å². The number of rotatable bonds is 0. The first-order valence-corrected chi connectivity index (χ1v) is 4.11. The van der Waals surface area contributed by atoms with Crippen LogP contribution in [-0.4, -0.2) is 41.4 Å². The van der Waals surface area contributed by atoms with Gasteiger partial charge in [0, 0.05) is 7.05 Å². The molecule has 9 heteroatoms. The quantitative estimate of drug-likeness (QED) is 0.381. The second-order valence-electron chi connectivity index (χ2n) is 3.42. The van der Waals surface area contributed by atoms with E-state index in [1.165, 1.54) is 7.05 Å². The summed E-state index contributed by atoms with van der Waals surface area (Å²) in [6.45, 7) is 0. The topological polar surface area (TPSA) is 118 Å². The Hall–Kier alpha value is -1.71. The third-order valence-corrected chi connectivity index (χ3v) is 2.40. The lowest BCUT2D eigenvalue weighted by molar-refractivity contribution is -0.421. The molecule has 4 rings (SSSR count). The van der Waals surface area contributed by atoms with Crippen LogP contribution in [-0.2, 0) is 14.6 Å². The zero-order valence-corrected chi connectivity index (χ0v) is 7.60. The number of hydrogen-bond donors (Lipinski definition) is 3. The van der Waals surface area contributed by atoms with Crippen LogP contribution in [0.25, 0.3) is 0 Å². The first-order valence-electron chi connectivity index (χ1n) is 4.11. The fourth-order valence-electron chi connectivity index (χ4n) is 1.63. The number of fused-ring (bicyclic) bond motifs is 2. The number of carbonyl (C=O) groups excluding carboxylic acids is 2. The van der Waals surface area contributed by atoms with Crippen LogP contribution < -0.4 is 16.4 Å². The van der Waals surface area contributed by atoms with Gasteiger partial charge in [0.1, 0.15) is 0 Å². The van der Waals surface area contributed by atoms with E-state index in [9.17, 15) is 9.59 Å². The van der Waals surface area contributed by atoms with Gasteiger partial charge in [-0.2, -0.15) is 14.8 Å². The predicted octanol–water partition coefficient (Wildman–Crippen LogP) is -2.60. The molecule has 0 saturated carbocycles. The molecule has 0 aromatic rings. The van der Waals surface area contributed by atoms with Crippen LogP contribution in [0.2, 0.25) is 0 Å². The van der Waals surface area contributed by atoms with Crippen LogP contribution in [0.5, 0.6) is 0 Å². The molecule has 4 aliphatic rings. The van der Waals surface area contributed by atoms with Crippen molar-refractivity contribution < 1.29 is 19.4 Å². The Kier molecular flexibility index (Phi) is 1.20. The third kappa shape index (κ3) is 0.802. The molecule has 3 amide bonds. The van der Waals surface area contributed by atoms with Crippen molar-refractivity contribution >= 4 is 17.8 Å². The third-order valence-electron chi connectivity index (χ3n) is 2.40. The minimum atomic E-state index is -1.76. The van der Waals surface area contributed by atoms with Crippen LogP contribution in [0.4, 0.5) is 4.79 Å². The molecule has 2 fully saturated rings. The largest absolute Gasteiger partial charge is 0.330 e. The number of amides is 3. The molecule has 0 radical (unpaired) electrons. The molecular weight excluding hydrogens is 206 g/mol. The van der Waals surface area contributed by atoms with Gasteiger partial charge in [-0.3, -0.25) is 26.1 Å². The van der Waals surface area contributed by atoms with Gasteiger partial charge in [0.25, 0.3) is 5.91 Å². The lowest BCUT2D eigenvalue weighted by Gasteiger charge is -2.42. The first-order chi connectivity index (χ1) is 6.97. The highest BCUT2D eigenvalue weighted by molar-refractivity contribution is 6.22. The van der Waals surface area contributed by atoms with Gasteiger partial charge in [0.2, 0.25) is 0 Å². The standard InChI is InChI=1S/C6H7N5O4/c1-11-2-5(10-4(11)13)3(12)9-6(7,8-2)15-14-5/h7H2,1H3,(H,9,12)(H,10,13). The van der Waals surface area contributed by atoms with Crippen LogP contribution in [0.1, 0.15) is 0 Å². The van der Waals surface area contributed by atoms with E-state index in [0.29, 0.717) is 0 Å². The van der Waals surface area contributed by atoms with Crippen LogP contribution in [0.3, 0.4) is 0 Å². The van der Waals surface area contributed by atoms with Crippen molar-refractivity contribution in [2.24, 2.45) is 10.7 Å². The summed E-state index contributed by atoms with van der Waals surface area (Å²) in [5, 5.41) is 4.57. The summed E-state index contributed by atoms with van der Waals surface area (Å²) in [6, 6.07) is -0.515. The van der Waals surface area contributed by atoms with Gasteiger partial charge in [-0.1, -0.05) is 0 Å². The Labute approximate surface area is 83.1 Å². The summed E-state index contributed by atoms with van der Waals surface area (Å²) >= 11 is 0. The Morgan fingerprint density at radius 2 is 2.13 bits per heavy atom. The summed E-state index contributed by atoms with van der Waals surface area (Å²) in [7, 11) is 1.45. The highest BCUT2D eigenvalue weighted by Gasteiger charge is 2.66. The summed E-state index contributed by atoms with van der Waals surface area (Å²) in [6.07, 6.45) is 0. The SMILES string of the molecule is CN1C(=O)NC23OOC(N)(N=C12)NC3=O. The monoisotopic (exact) mass is 213 g/mol. The van der Waals surface area contributed by atoms with Crippen LogP contribution in [0, 0.1) is 0 Å². The van der Waals surface area contributed by atoms with Crippen LogP contribution in [0.15, 0.2) is 4.99 Å². The molecular formula is C6H7N5O4. The zero-order chi connectivity index (χ0) is 10.8. The molecule has 2 unspecified atom stereocenters. The van der Waals surface area contributed by atoms with E-state index in [2.05, 4.69) is 20.5 Å². The number of urea groups is 1. The molecule has 4 heterocycles. The number of nitrogens with one attached hydrogen (secondary N) is 2. The first kappa shape index (κ1) is 8.59. The number of amidine groups is 1. The highest BCUT2D eigenvalue weighted by Crippen LogP contribution is 2.32. The molecule has 80 valence electrons. The maximum absolute atomic E-state index is 11.6. The van der Waals surface area contributed by atoms with Gasteiger partial charge in [0.05, 0.1) is 0 Å². The summed E-state index contributed by atoms with van der Waals surface area (Å²) in [5.74, 6) is -2.28. The molecule has 0 aromatic heterocycles. The fraction of sp³-hybridized carbons (Fsp3) is 0.500. The van der Waals surface area contributed by atoms with E-state index in [0.717, 1.165) is 4.90 Å². The van der Waals surface area contributed by atoms with E-state index in [1.807, 2.05) is 0 Å². The lowest BCUT2D eigenvalue weighted by Crippen LogP contribution is -2.77. The van der Waals surface area contributed by atoms with E-state index < -0.39 is 23.6 Å². The Morgan fingerprint density at radius 1 is 1.40 bits per heavy atom. The van der Waals surface area contributed by atoms with Gasteiger partial charge in [0.15, 0.2) is 5.84 Å². The van der Waals surface area contributed by atoms with E-state index in [4.69, 9.17) is 10.6 Å². The van der Waals surface area contributed by atoms with Crippen molar-refractivity contribution in [2.75, 3.05) is 7.05 Å². The molecule has 15 heavy (non-hydrogen) atoms. The van der Waals surface area contributed by atoms with Gasteiger partial charge >= 0.3 is 17.7 Å². The molecule has 4 aliphatic heterocycles. The van der Waals surface area contributed by atoms with E-state index in [-0.39, 0.29) is 5.84 Å². The second kappa shape index (κ2) is 2.10. The van der Waals surface area contributed by atoms with E-state index >= 15 is 0 Å². The van der Waals surface area contributed by atoms with Crippen molar-refractivity contribution in [1.29, 1.82) is 0 Å². The van der Waals surface area contributed by atoms with Gasteiger partial charge in [-0.05, 0) is 0 Å². The molecule has 2 bridgehead atoms. The van der Waals surface area contributed by atoms with E-state index in [1.54, 1.807) is 0 Å². The zero-order valence-electron chi connectivity index (χ0n) is 7.60. The Bertz CT molecular complexity index is 422. The van der Waals surface area contributed by atoms with Crippen molar-refractivity contribution in [3.63, 3.8) is 0 Å². The number of nitrogens with two attached hydrogens (primary N) is 1. The summed E-state index contributed by atoms with van der Waals surface area (Å²) < 4.78 is 0. The van der Waals surface area contributed by atoms with Gasteiger partial charge < -0.3 is 0 Å². The lowest BCUT2D eigenvalue weighted by atomic mass is 10.1. The highest BCUT2D eigenvalue weighted by atomic mass is 17.2. The molecule has 9 nitrogen and oxygen atoms in total. The summed E-state index contributed by atoms with van der Waals surface area (Å²) in [4.78, 5) is 37.5. The van der Waals surface area contributed by atoms with Gasteiger partial charge in [-0.15, -0.1) is 0 Å². The maximum atomic E-state index is 11.6. The minimum absolute atomic E-state index is 0.0880. The average molecular weight is 213 g/mol. The van der Waals surface area contributed by atoms with Crippen LogP contribution >= 0.6 is 0 Å². The number of hydrogen-bond acceptors (Lipinski definition) is 6. The normalized spacial score (nSPS) is 42.3.